The smallest absolute Gasteiger partial charge is 0.272 e. The van der Waals surface area contributed by atoms with Gasteiger partial charge in [0.05, 0.1) is 9.82 Å². The van der Waals surface area contributed by atoms with Crippen LogP contribution in [0, 0.1) is 24.0 Å². The topological polar surface area (TPSA) is 128 Å². The van der Waals surface area contributed by atoms with Crippen LogP contribution in [0.1, 0.15) is 11.1 Å². The SMILES string of the molecule is Cc1cccc(C)c1OCC(=O)NNS(=O)(=O)c1ccc([N+](=O)[O-])cc1. The third kappa shape index (κ3) is 4.77. The van der Waals surface area contributed by atoms with Gasteiger partial charge in [0.25, 0.3) is 21.6 Å². The number of benzene rings is 2. The minimum atomic E-state index is -4.06. The van der Waals surface area contributed by atoms with E-state index in [1.807, 2.05) is 42.3 Å². The molecule has 0 saturated heterocycles. The zero-order valence-electron chi connectivity index (χ0n) is 14.1. The number of nitrogens with zero attached hydrogens (tertiary/aromatic N) is 1. The predicted molar refractivity (Wildman–Crippen MR) is 93.0 cm³/mol. The van der Waals surface area contributed by atoms with E-state index in [2.05, 4.69) is 0 Å². The number of ether oxygens (including phenoxy) is 1. The monoisotopic (exact) mass is 379 g/mol. The van der Waals surface area contributed by atoms with Crippen molar-refractivity contribution in [2.75, 3.05) is 6.61 Å². The lowest BCUT2D eigenvalue weighted by Crippen LogP contribution is -2.43. The van der Waals surface area contributed by atoms with E-state index in [4.69, 9.17) is 4.74 Å². The number of nitrogens with one attached hydrogen (secondary N) is 2. The van der Waals surface area contributed by atoms with Crippen LogP contribution in [-0.2, 0) is 14.8 Å². The maximum atomic E-state index is 12.1. The largest absolute Gasteiger partial charge is 0.483 e. The molecule has 9 nitrogen and oxygen atoms in total. The van der Waals surface area contributed by atoms with Gasteiger partial charge in [0.2, 0.25) is 0 Å². The highest BCUT2D eigenvalue weighted by molar-refractivity contribution is 7.89. The van der Waals surface area contributed by atoms with E-state index in [0.29, 0.717) is 5.75 Å². The molecule has 0 atom stereocenters. The summed E-state index contributed by atoms with van der Waals surface area (Å²) in [4.78, 5) is 23.4. The summed E-state index contributed by atoms with van der Waals surface area (Å²) in [6.45, 7) is 3.28. The van der Waals surface area contributed by atoms with Crippen LogP contribution in [0.2, 0.25) is 0 Å². The predicted octanol–water partition coefficient (Wildman–Crippen LogP) is 1.60. The molecular formula is C16H17N3O6S. The first kappa shape index (κ1) is 19.3. The minimum Gasteiger partial charge on any atom is -0.483 e. The Morgan fingerprint density at radius 1 is 1.12 bits per heavy atom. The van der Waals surface area contributed by atoms with E-state index in [1.54, 1.807) is 0 Å². The Hall–Kier alpha value is -2.98. The number of nitro benzene ring substituents is 1. The molecule has 0 spiro atoms. The van der Waals surface area contributed by atoms with Gasteiger partial charge in [-0.05, 0) is 37.1 Å². The number of hydrazine groups is 1. The summed E-state index contributed by atoms with van der Waals surface area (Å²) in [5.74, 6) is -0.140. The molecule has 2 rings (SSSR count). The first-order chi connectivity index (χ1) is 12.2. The van der Waals surface area contributed by atoms with Crippen molar-refractivity contribution in [1.29, 1.82) is 0 Å². The van der Waals surface area contributed by atoms with Gasteiger partial charge in [-0.3, -0.25) is 20.3 Å². The third-order valence-electron chi connectivity index (χ3n) is 3.44. The van der Waals surface area contributed by atoms with E-state index >= 15 is 0 Å². The van der Waals surface area contributed by atoms with Gasteiger partial charge in [-0.1, -0.05) is 18.2 Å². The number of sulfonamides is 1. The molecule has 10 heteroatoms. The van der Waals surface area contributed by atoms with Gasteiger partial charge in [-0.25, -0.2) is 8.42 Å². The van der Waals surface area contributed by atoms with Crippen molar-refractivity contribution in [3.05, 3.63) is 63.7 Å². The number of non-ortho nitro benzene ring substituents is 1. The van der Waals surface area contributed by atoms with E-state index < -0.39 is 20.9 Å². The van der Waals surface area contributed by atoms with E-state index in [0.717, 1.165) is 35.4 Å². The lowest BCUT2D eigenvalue weighted by Gasteiger charge is -2.12. The molecule has 2 aromatic carbocycles. The number of para-hydroxylation sites is 1. The minimum absolute atomic E-state index is 0.223. The molecule has 0 unspecified atom stereocenters. The van der Waals surface area contributed by atoms with Gasteiger partial charge in [-0.15, -0.1) is 4.83 Å². The Bertz CT molecular complexity index is 905. The van der Waals surface area contributed by atoms with Crippen molar-refractivity contribution < 1.29 is 22.9 Å². The van der Waals surface area contributed by atoms with Crippen molar-refractivity contribution in [2.45, 2.75) is 18.7 Å². The normalized spacial score (nSPS) is 11.0. The third-order valence-corrected chi connectivity index (χ3v) is 4.70. The van der Waals surface area contributed by atoms with E-state index in [9.17, 15) is 23.3 Å². The van der Waals surface area contributed by atoms with Crippen LogP contribution in [0.15, 0.2) is 47.4 Å². The summed E-state index contributed by atoms with van der Waals surface area (Å²) in [6, 6.07) is 9.77. The summed E-state index contributed by atoms with van der Waals surface area (Å²) >= 11 is 0. The molecule has 0 aliphatic heterocycles. The first-order valence-electron chi connectivity index (χ1n) is 7.45. The molecule has 2 N–H and O–H groups in total. The van der Waals surface area contributed by atoms with Crippen molar-refractivity contribution >= 4 is 21.6 Å². The second-order valence-corrected chi connectivity index (χ2v) is 7.10. The molecule has 0 saturated carbocycles. The fraction of sp³-hybridized carbons (Fsp3) is 0.188. The van der Waals surface area contributed by atoms with Crippen LogP contribution >= 0.6 is 0 Å². The number of amides is 1. The average molecular weight is 379 g/mol. The highest BCUT2D eigenvalue weighted by Gasteiger charge is 2.17. The molecule has 0 radical (unpaired) electrons. The molecule has 0 aliphatic rings. The van der Waals surface area contributed by atoms with Crippen molar-refractivity contribution in [3.8, 4) is 5.75 Å². The number of hydrogen-bond donors (Lipinski definition) is 2. The molecule has 2 aromatic rings. The number of carbonyl (C=O) groups is 1. The lowest BCUT2D eigenvalue weighted by molar-refractivity contribution is -0.384. The molecule has 26 heavy (non-hydrogen) atoms. The summed E-state index contributed by atoms with van der Waals surface area (Å²) in [6.07, 6.45) is 0. The van der Waals surface area contributed by atoms with Crippen LogP contribution in [0.4, 0.5) is 5.69 Å². The maximum Gasteiger partial charge on any atom is 0.272 e. The highest BCUT2D eigenvalue weighted by atomic mass is 32.2. The zero-order chi connectivity index (χ0) is 19.3. The zero-order valence-corrected chi connectivity index (χ0v) is 14.9. The number of hydrogen-bond acceptors (Lipinski definition) is 6. The second-order valence-electron chi connectivity index (χ2n) is 5.41. The molecule has 0 bridgehead atoms. The fourth-order valence-electron chi connectivity index (χ4n) is 2.13. The molecule has 138 valence electrons. The van der Waals surface area contributed by atoms with Crippen LogP contribution in [0.3, 0.4) is 0 Å². The molecule has 0 aromatic heterocycles. The molecular weight excluding hydrogens is 362 g/mol. The van der Waals surface area contributed by atoms with Crippen molar-refractivity contribution in [1.82, 2.24) is 10.3 Å². The summed E-state index contributed by atoms with van der Waals surface area (Å²) in [5.41, 5.74) is 3.49. The summed E-state index contributed by atoms with van der Waals surface area (Å²) in [5, 5.41) is 10.6. The van der Waals surface area contributed by atoms with Crippen LogP contribution in [0.25, 0.3) is 0 Å². The molecule has 0 aliphatic carbocycles. The fourth-order valence-corrected chi connectivity index (χ4v) is 2.99. The summed E-state index contributed by atoms with van der Waals surface area (Å²) in [7, 11) is -4.06. The van der Waals surface area contributed by atoms with Gasteiger partial charge in [0.15, 0.2) is 6.61 Å². The standard InChI is InChI=1S/C16H17N3O6S/c1-11-4-3-5-12(2)16(11)25-10-15(20)17-18-26(23,24)14-8-6-13(7-9-14)19(21)22/h3-9,18H,10H2,1-2H3,(H,17,20). The second kappa shape index (κ2) is 7.93. The van der Waals surface area contributed by atoms with Crippen LogP contribution in [-0.4, -0.2) is 25.9 Å². The highest BCUT2D eigenvalue weighted by Crippen LogP contribution is 2.22. The van der Waals surface area contributed by atoms with Crippen molar-refractivity contribution in [2.24, 2.45) is 0 Å². The Balaban J connectivity index is 1.94. The van der Waals surface area contributed by atoms with Crippen molar-refractivity contribution in [3.63, 3.8) is 0 Å². The number of nitro groups is 1. The number of aryl methyl sites for hydroxylation is 2. The van der Waals surface area contributed by atoms with Gasteiger partial charge < -0.3 is 4.74 Å². The maximum absolute atomic E-state index is 12.1. The lowest BCUT2D eigenvalue weighted by atomic mass is 10.1. The molecule has 0 heterocycles. The summed E-state index contributed by atoms with van der Waals surface area (Å²) < 4.78 is 29.5. The first-order valence-corrected chi connectivity index (χ1v) is 8.93. The molecule has 0 fully saturated rings. The number of carbonyl (C=O) groups excluding carboxylic acids is 1. The van der Waals surface area contributed by atoms with Gasteiger partial charge in [0, 0.05) is 12.1 Å². The van der Waals surface area contributed by atoms with Crippen LogP contribution in [0.5, 0.6) is 5.75 Å². The quantitative estimate of drug-likeness (QED) is 0.555. The van der Waals surface area contributed by atoms with E-state index in [1.165, 1.54) is 0 Å². The Kier molecular flexibility index (Phi) is 5.90. The Labute approximate surface area is 150 Å². The Morgan fingerprint density at radius 3 is 2.23 bits per heavy atom. The van der Waals surface area contributed by atoms with Crippen LogP contribution < -0.4 is 15.0 Å². The number of rotatable bonds is 7. The Morgan fingerprint density at radius 2 is 1.69 bits per heavy atom. The van der Waals surface area contributed by atoms with Gasteiger partial charge in [-0.2, -0.15) is 0 Å². The average Bonchev–Trinajstić information content (AvgIpc) is 2.59. The van der Waals surface area contributed by atoms with Gasteiger partial charge in [0.1, 0.15) is 5.75 Å². The van der Waals surface area contributed by atoms with Gasteiger partial charge >= 0.3 is 0 Å². The molecule has 1 amide bonds. The van der Waals surface area contributed by atoms with E-state index in [-0.39, 0.29) is 17.2 Å².